The normalized spacial score (nSPS) is 27.5. The molecule has 4 heteroatoms. The molecule has 4 nitrogen and oxygen atoms in total. The minimum atomic E-state index is 0.579. The lowest BCUT2D eigenvalue weighted by Gasteiger charge is -2.30. The van der Waals surface area contributed by atoms with Crippen molar-refractivity contribution < 1.29 is 0 Å². The van der Waals surface area contributed by atoms with Crippen LogP contribution in [-0.4, -0.2) is 29.1 Å². The maximum atomic E-state index is 4.41. The molecule has 1 aliphatic heterocycles. The third-order valence-electron chi connectivity index (χ3n) is 4.53. The highest BCUT2D eigenvalue weighted by Crippen LogP contribution is 2.27. The SMILES string of the molecule is CC1CCCCC1Nc1cc(N2CCCC2)ncn1. The largest absolute Gasteiger partial charge is 0.367 e. The van der Waals surface area contributed by atoms with Gasteiger partial charge in [0.2, 0.25) is 0 Å². The molecule has 19 heavy (non-hydrogen) atoms. The highest BCUT2D eigenvalue weighted by molar-refractivity contribution is 5.49. The average Bonchev–Trinajstić information content (AvgIpc) is 2.96. The van der Waals surface area contributed by atoms with Crippen molar-refractivity contribution in [1.29, 1.82) is 0 Å². The lowest BCUT2D eigenvalue weighted by atomic mass is 9.86. The molecule has 2 aliphatic rings. The van der Waals surface area contributed by atoms with Gasteiger partial charge in [-0.2, -0.15) is 0 Å². The van der Waals surface area contributed by atoms with Gasteiger partial charge < -0.3 is 10.2 Å². The quantitative estimate of drug-likeness (QED) is 0.907. The van der Waals surface area contributed by atoms with E-state index in [2.05, 4.69) is 33.2 Å². The van der Waals surface area contributed by atoms with E-state index in [9.17, 15) is 0 Å². The molecule has 1 saturated heterocycles. The predicted octanol–water partition coefficient (Wildman–Crippen LogP) is 3.07. The van der Waals surface area contributed by atoms with Crippen LogP contribution in [0.2, 0.25) is 0 Å². The molecule has 1 aromatic heterocycles. The van der Waals surface area contributed by atoms with E-state index >= 15 is 0 Å². The molecule has 2 fully saturated rings. The number of hydrogen-bond donors (Lipinski definition) is 1. The number of nitrogens with one attached hydrogen (secondary N) is 1. The van der Waals surface area contributed by atoms with Crippen molar-refractivity contribution in [2.75, 3.05) is 23.3 Å². The fourth-order valence-corrected chi connectivity index (χ4v) is 3.27. The van der Waals surface area contributed by atoms with Crippen molar-refractivity contribution in [2.45, 2.75) is 51.5 Å². The topological polar surface area (TPSA) is 41.0 Å². The van der Waals surface area contributed by atoms with Gasteiger partial charge in [0.15, 0.2) is 0 Å². The second kappa shape index (κ2) is 5.76. The van der Waals surface area contributed by atoms with Crippen LogP contribution in [0.15, 0.2) is 12.4 Å². The molecule has 0 aromatic carbocycles. The molecule has 1 N–H and O–H groups in total. The molecule has 1 saturated carbocycles. The monoisotopic (exact) mass is 260 g/mol. The molecule has 0 bridgehead atoms. The van der Waals surface area contributed by atoms with Crippen LogP contribution >= 0.6 is 0 Å². The molecule has 2 atom stereocenters. The van der Waals surface area contributed by atoms with Gasteiger partial charge in [-0.3, -0.25) is 0 Å². The molecule has 2 unspecified atom stereocenters. The van der Waals surface area contributed by atoms with Crippen molar-refractivity contribution in [3.63, 3.8) is 0 Å². The Bertz CT molecular complexity index is 414. The van der Waals surface area contributed by atoms with Gasteiger partial charge in [0, 0.05) is 25.2 Å². The minimum Gasteiger partial charge on any atom is -0.367 e. The predicted molar refractivity (Wildman–Crippen MR) is 78.5 cm³/mol. The maximum Gasteiger partial charge on any atom is 0.134 e. The summed E-state index contributed by atoms with van der Waals surface area (Å²) >= 11 is 0. The standard InChI is InChI=1S/C15H24N4/c1-12-6-2-3-7-13(12)18-14-10-15(17-11-16-14)19-8-4-5-9-19/h10-13H,2-9H2,1H3,(H,16,17,18). The fraction of sp³-hybridized carbons (Fsp3) is 0.733. The molecule has 0 spiro atoms. The molecule has 2 heterocycles. The van der Waals surface area contributed by atoms with Crippen molar-refractivity contribution in [3.8, 4) is 0 Å². The summed E-state index contributed by atoms with van der Waals surface area (Å²) in [7, 11) is 0. The van der Waals surface area contributed by atoms with E-state index < -0.39 is 0 Å². The molecule has 1 aromatic rings. The van der Waals surface area contributed by atoms with Crippen molar-refractivity contribution in [1.82, 2.24) is 9.97 Å². The third kappa shape index (κ3) is 2.99. The Labute approximate surface area is 115 Å². The second-order valence-corrected chi connectivity index (χ2v) is 5.97. The molecule has 0 amide bonds. The van der Waals surface area contributed by atoms with Gasteiger partial charge in [0.1, 0.15) is 18.0 Å². The summed E-state index contributed by atoms with van der Waals surface area (Å²) in [5.74, 6) is 2.83. The van der Waals surface area contributed by atoms with E-state index in [1.54, 1.807) is 6.33 Å². The molecule has 1 aliphatic carbocycles. The Balaban J connectivity index is 1.68. The summed E-state index contributed by atoms with van der Waals surface area (Å²) in [4.78, 5) is 11.2. The van der Waals surface area contributed by atoms with Crippen LogP contribution in [0.4, 0.5) is 11.6 Å². The third-order valence-corrected chi connectivity index (χ3v) is 4.53. The molecule has 104 valence electrons. The summed E-state index contributed by atoms with van der Waals surface area (Å²) in [5, 5.41) is 3.62. The highest BCUT2D eigenvalue weighted by Gasteiger charge is 2.22. The second-order valence-electron chi connectivity index (χ2n) is 5.97. The van der Waals surface area contributed by atoms with Crippen LogP contribution in [0.1, 0.15) is 45.4 Å². The summed E-state index contributed by atoms with van der Waals surface area (Å²) in [6.07, 6.45) is 9.59. The van der Waals surface area contributed by atoms with Crippen molar-refractivity contribution in [2.24, 2.45) is 5.92 Å². The first-order valence-electron chi connectivity index (χ1n) is 7.66. The summed E-state index contributed by atoms with van der Waals surface area (Å²) < 4.78 is 0. The summed E-state index contributed by atoms with van der Waals surface area (Å²) in [6, 6.07) is 2.70. The molecule has 0 radical (unpaired) electrons. The minimum absolute atomic E-state index is 0.579. The molecular weight excluding hydrogens is 236 g/mol. The Hall–Kier alpha value is -1.32. The van der Waals surface area contributed by atoms with E-state index in [4.69, 9.17) is 0 Å². The zero-order chi connectivity index (χ0) is 13.1. The number of aromatic nitrogens is 2. The van der Waals surface area contributed by atoms with E-state index in [0.717, 1.165) is 30.6 Å². The Morgan fingerprint density at radius 3 is 2.68 bits per heavy atom. The van der Waals surface area contributed by atoms with Crippen LogP contribution in [-0.2, 0) is 0 Å². The van der Waals surface area contributed by atoms with Gasteiger partial charge in [-0.15, -0.1) is 0 Å². The number of rotatable bonds is 3. The van der Waals surface area contributed by atoms with E-state index in [0.29, 0.717) is 6.04 Å². The van der Waals surface area contributed by atoms with Gasteiger partial charge >= 0.3 is 0 Å². The van der Waals surface area contributed by atoms with E-state index in [1.807, 2.05) is 0 Å². The lowest BCUT2D eigenvalue weighted by Crippen LogP contribution is -2.30. The summed E-state index contributed by atoms with van der Waals surface area (Å²) in [6.45, 7) is 4.62. The first-order chi connectivity index (χ1) is 9.33. The van der Waals surface area contributed by atoms with E-state index in [1.165, 1.54) is 38.5 Å². The summed E-state index contributed by atoms with van der Waals surface area (Å²) in [5.41, 5.74) is 0. The average molecular weight is 260 g/mol. The number of anilines is 2. The highest BCUT2D eigenvalue weighted by atomic mass is 15.2. The maximum absolute atomic E-state index is 4.41. The molecule has 3 rings (SSSR count). The van der Waals surface area contributed by atoms with Gasteiger partial charge in [-0.25, -0.2) is 9.97 Å². The van der Waals surface area contributed by atoms with Crippen molar-refractivity contribution >= 4 is 11.6 Å². The smallest absolute Gasteiger partial charge is 0.134 e. The van der Waals surface area contributed by atoms with Crippen LogP contribution in [0, 0.1) is 5.92 Å². The van der Waals surface area contributed by atoms with Gasteiger partial charge in [0.05, 0.1) is 0 Å². The zero-order valence-corrected chi connectivity index (χ0v) is 11.8. The first-order valence-corrected chi connectivity index (χ1v) is 7.66. The Morgan fingerprint density at radius 1 is 1.11 bits per heavy atom. The van der Waals surface area contributed by atoms with Crippen LogP contribution in [0.3, 0.4) is 0 Å². The van der Waals surface area contributed by atoms with Gasteiger partial charge in [-0.1, -0.05) is 19.8 Å². The fourth-order valence-electron chi connectivity index (χ4n) is 3.27. The van der Waals surface area contributed by atoms with Gasteiger partial charge in [0.25, 0.3) is 0 Å². The van der Waals surface area contributed by atoms with Crippen LogP contribution in [0.5, 0.6) is 0 Å². The van der Waals surface area contributed by atoms with Gasteiger partial charge in [-0.05, 0) is 31.6 Å². The van der Waals surface area contributed by atoms with Crippen molar-refractivity contribution in [3.05, 3.63) is 12.4 Å². The lowest BCUT2D eigenvalue weighted by molar-refractivity contribution is 0.349. The van der Waals surface area contributed by atoms with E-state index in [-0.39, 0.29) is 0 Å². The Kier molecular flexibility index (Phi) is 3.85. The van der Waals surface area contributed by atoms with Crippen LogP contribution in [0.25, 0.3) is 0 Å². The number of hydrogen-bond acceptors (Lipinski definition) is 4. The number of nitrogens with zero attached hydrogens (tertiary/aromatic N) is 3. The molecular formula is C15H24N4. The zero-order valence-electron chi connectivity index (χ0n) is 11.8. The first kappa shape index (κ1) is 12.7. The van der Waals surface area contributed by atoms with Crippen LogP contribution < -0.4 is 10.2 Å². The Morgan fingerprint density at radius 2 is 1.89 bits per heavy atom.